The van der Waals surface area contributed by atoms with Gasteiger partial charge < -0.3 is 10.1 Å². The van der Waals surface area contributed by atoms with Gasteiger partial charge in [0.25, 0.3) is 0 Å². The minimum atomic E-state index is -0.659. The molecule has 21 heavy (non-hydrogen) atoms. The largest absolute Gasteiger partial charge is 0.374 e. The molecular weight excluding hydrogens is 264 g/mol. The smallest absolute Gasteiger partial charge is 0.227 e. The first-order valence-corrected chi connectivity index (χ1v) is 8.31. The molecule has 2 aliphatic rings. The molecule has 4 heteroatoms. The van der Waals surface area contributed by atoms with Gasteiger partial charge in [0, 0.05) is 0 Å². The fourth-order valence-electron chi connectivity index (χ4n) is 3.88. The van der Waals surface area contributed by atoms with Crippen LogP contribution < -0.4 is 5.32 Å². The molecule has 2 fully saturated rings. The van der Waals surface area contributed by atoms with Gasteiger partial charge >= 0.3 is 0 Å². The fourth-order valence-corrected chi connectivity index (χ4v) is 3.88. The molecule has 1 heterocycles. The number of nitrogens with zero attached hydrogens (tertiary/aromatic N) is 1. The second kappa shape index (κ2) is 6.36. The van der Waals surface area contributed by atoms with Gasteiger partial charge in [-0.1, -0.05) is 20.3 Å². The Labute approximate surface area is 128 Å². The maximum Gasteiger partial charge on any atom is 0.227 e. The van der Waals surface area contributed by atoms with E-state index in [9.17, 15) is 10.1 Å². The van der Waals surface area contributed by atoms with Crippen molar-refractivity contribution in [2.75, 3.05) is 0 Å². The molecule has 4 atom stereocenters. The molecule has 0 spiro atoms. The Morgan fingerprint density at radius 3 is 2.33 bits per heavy atom. The van der Waals surface area contributed by atoms with E-state index in [0.717, 1.165) is 32.1 Å². The predicted octanol–water partition coefficient (Wildman–Crippen LogP) is 3.02. The van der Waals surface area contributed by atoms with Crippen LogP contribution in [0.15, 0.2) is 0 Å². The van der Waals surface area contributed by atoms with Crippen molar-refractivity contribution in [3.05, 3.63) is 0 Å². The zero-order chi connectivity index (χ0) is 15.6. The molecule has 1 N–H and O–H groups in total. The molecule has 1 saturated heterocycles. The molecule has 2 rings (SSSR count). The molecule has 0 aromatic rings. The molecule has 0 aromatic carbocycles. The Morgan fingerprint density at radius 2 is 1.90 bits per heavy atom. The first-order valence-electron chi connectivity index (χ1n) is 8.31. The molecule has 1 saturated carbocycles. The first kappa shape index (κ1) is 16.3. The van der Waals surface area contributed by atoms with E-state index in [0.29, 0.717) is 5.92 Å². The quantitative estimate of drug-likeness (QED) is 0.869. The van der Waals surface area contributed by atoms with Gasteiger partial charge in [-0.15, -0.1) is 0 Å². The van der Waals surface area contributed by atoms with Gasteiger partial charge in [-0.25, -0.2) is 0 Å². The average molecular weight is 292 g/mol. The lowest BCUT2D eigenvalue weighted by Gasteiger charge is -2.36. The lowest BCUT2D eigenvalue weighted by Crippen LogP contribution is -2.53. The number of carbonyl (C=O) groups excluding carboxylic acids is 1. The minimum absolute atomic E-state index is 0.00384. The van der Waals surface area contributed by atoms with Gasteiger partial charge in [0.1, 0.15) is 5.54 Å². The van der Waals surface area contributed by atoms with E-state index in [2.05, 4.69) is 25.2 Å². The van der Waals surface area contributed by atoms with Crippen molar-refractivity contribution < 1.29 is 9.53 Å². The molecule has 1 aliphatic carbocycles. The molecule has 0 bridgehead atoms. The van der Waals surface area contributed by atoms with E-state index in [1.54, 1.807) is 0 Å². The van der Waals surface area contributed by atoms with Crippen LogP contribution in [0.1, 0.15) is 59.8 Å². The van der Waals surface area contributed by atoms with Crippen molar-refractivity contribution in [1.29, 1.82) is 5.26 Å². The average Bonchev–Trinajstić information content (AvgIpc) is 2.73. The highest BCUT2D eigenvalue weighted by Crippen LogP contribution is 2.36. The first-order chi connectivity index (χ1) is 9.92. The van der Waals surface area contributed by atoms with E-state index in [1.807, 2.05) is 13.8 Å². The third-order valence-electron chi connectivity index (χ3n) is 5.66. The van der Waals surface area contributed by atoms with Gasteiger partial charge in [-0.05, 0) is 51.4 Å². The number of carbonyl (C=O) groups is 1. The van der Waals surface area contributed by atoms with Crippen molar-refractivity contribution in [3.8, 4) is 6.07 Å². The van der Waals surface area contributed by atoms with Gasteiger partial charge in [0.2, 0.25) is 5.91 Å². The second-order valence-corrected chi connectivity index (χ2v) is 6.97. The van der Waals surface area contributed by atoms with Crippen molar-refractivity contribution >= 4 is 5.91 Å². The SMILES string of the molecule is CCC1CCC(C#N)(NC(=O)C2C(C)OC(C)C2C)CC1. The highest BCUT2D eigenvalue weighted by Gasteiger charge is 2.45. The Hall–Kier alpha value is -1.08. The summed E-state index contributed by atoms with van der Waals surface area (Å²) in [6.07, 6.45) is 4.82. The number of hydrogen-bond donors (Lipinski definition) is 1. The monoisotopic (exact) mass is 292 g/mol. The van der Waals surface area contributed by atoms with Crippen LogP contribution in [0.3, 0.4) is 0 Å². The summed E-state index contributed by atoms with van der Waals surface area (Å²) in [4.78, 5) is 12.7. The van der Waals surface area contributed by atoms with Crippen molar-refractivity contribution in [1.82, 2.24) is 5.32 Å². The van der Waals surface area contributed by atoms with Crippen molar-refractivity contribution in [2.45, 2.75) is 77.5 Å². The number of ether oxygens (including phenoxy) is 1. The normalized spacial score (nSPS) is 43.3. The topological polar surface area (TPSA) is 62.1 Å². The number of amides is 1. The molecule has 4 nitrogen and oxygen atoms in total. The molecule has 118 valence electrons. The molecule has 0 radical (unpaired) electrons. The Balaban J connectivity index is 2.03. The summed E-state index contributed by atoms with van der Waals surface area (Å²) in [7, 11) is 0. The standard InChI is InChI=1S/C17H28N2O2/c1-5-14-6-8-17(10-18,9-7-14)19-16(20)15-11(2)12(3)21-13(15)4/h11-15H,5-9H2,1-4H3,(H,19,20). The zero-order valence-corrected chi connectivity index (χ0v) is 13.7. The highest BCUT2D eigenvalue weighted by atomic mass is 16.5. The molecule has 0 aromatic heterocycles. The van der Waals surface area contributed by atoms with E-state index < -0.39 is 5.54 Å². The predicted molar refractivity (Wildman–Crippen MR) is 81.4 cm³/mol. The minimum Gasteiger partial charge on any atom is -0.374 e. The molecule has 1 aliphatic heterocycles. The Bertz CT molecular complexity index is 421. The van der Waals surface area contributed by atoms with Crippen LogP contribution in [0.25, 0.3) is 0 Å². The maximum absolute atomic E-state index is 12.7. The fraction of sp³-hybridized carbons (Fsp3) is 0.882. The van der Waals surface area contributed by atoms with Crippen LogP contribution in [0.5, 0.6) is 0 Å². The van der Waals surface area contributed by atoms with Gasteiger partial charge in [0.05, 0.1) is 24.2 Å². The summed E-state index contributed by atoms with van der Waals surface area (Å²) < 4.78 is 5.75. The lowest BCUT2D eigenvalue weighted by atomic mass is 9.76. The van der Waals surface area contributed by atoms with Crippen LogP contribution in [0, 0.1) is 29.1 Å². The molecule has 4 unspecified atom stereocenters. The third-order valence-corrected chi connectivity index (χ3v) is 5.66. The van der Waals surface area contributed by atoms with Crippen LogP contribution in [0.2, 0.25) is 0 Å². The Morgan fingerprint density at radius 1 is 1.29 bits per heavy atom. The van der Waals surface area contributed by atoms with Gasteiger partial charge in [-0.3, -0.25) is 4.79 Å². The van der Waals surface area contributed by atoms with Gasteiger partial charge in [-0.2, -0.15) is 5.26 Å². The van der Waals surface area contributed by atoms with E-state index >= 15 is 0 Å². The summed E-state index contributed by atoms with van der Waals surface area (Å²) in [6.45, 7) is 8.23. The summed E-state index contributed by atoms with van der Waals surface area (Å²) >= 11 is 0. The summed E-state index contributed by atoms with van der Waals surface area (Å²) in [6, 6.07) is 2.38. The van der Waals surface area contributed by atoms with E-state index in [-0.39, 0.29) is 30.0 Å². The van der Waals surface area contributed by atoms with E-state index in [1.165, 1.54) is 0 Å². The van der Waals surface area contributed by atoms with Crippen molar-refractivity contribution in [3.63, 3.8) is 0 Å². The molecule has 1 amide bonds. The second-order valence-electron chi connectivity index (χ2n) is 6.97. The maximum atomic E-state index is 12.7. The van der Waals surface area contributed by atoms with Crippen LogP contribution >= 0.6 is 0 Å². The number of hydrogen-bond acceptors (Lipinski definition) is 3. The summed E-state index contributed by atoms with van der Waals surface area (Å²) in [5.74, 6) is 0.753. The highest BCUT2D eigenvalue weighted by molar-refractivity contribution is 5.81. The number of nitriles is 1. The molecular formula is C17H28N2O2. The zero-order valence-electron chi connectivity index (χ0n) is 13.7. The van der Waals surface area contributed by atoms with Crippen molar-refractivity contribution in [2.24, 2.45) is 17.8 Å². The van der Waals surface area contributed by atoms with Crippen LogP contribution in [0.4, 0.5) is 0 Å². The van der Waals surface area contributed by atoms with Gasteiger partial charge in [0.15, 0.2) is 0 Å². The number of nitrogens with one attached hydrogen (secondary N) is 1. The van der Waals surface area contributed by atoms with E-state index in [4.69, 9.17) is 4.74 Å². The van der Waals surface area contributed by atoms with Crippen LogP contribution in [-0.4, -0.2) is 23.7 Å². The summed E-state index contributed by atoms with van der Waals surface area (Å²) in [5, 5.41) is 12.6. The number of rotatable bonds is 3. The summed E-state index contributed by atoms with van der Waals surface area (Å²) in [5.41, 5.74) is -0.659. The Kier molecular flexibility index (Phi) is 4.93. The van der Waals surface area contributed by atoms with Crippen LogP contribution in [-0.2, 0) is 9.53 Å². The third kappa shape index (κ3) is 3.23. The lowest BCUT2D eigenvalue weighted by molar-refractivity contribution is -0.129.